The van der Waals surface area contributed by atoms with Crippen molar-refractivity contribution < 1.29 is 9.21 Å². The van der Waals surface area contributed by atoms with Crippen LogP contribution >= 0.6 is 0 Å². The second-order valence-electron chi connectivity index (χ2n) is 6.50. The number of nitrogens with zero attached hydrogens (tertiary/aromatic N) is 1. The molecule has 2 aromatic carbocycles. The van der Waals surface area contributed by atoms with Crippen LogP contribution in [-0.4, -0.2) is 37.0 Å². The van der Waals surface area contributed by atoms with Crippen LogP contribution < -0.4 is 5.32 Å². The molecule has 124 valence electrons. The fourth-order valence-corrected chi connectivity index (χ4v) is 3.60. The number of amides is 1. The van der Waals surface area contributed by atoms with E-state index >= 15 is 0 Å². The lowest BCUT2D eigenvalue weighted by molar-refractivity contribution is -0.120. The van der Waals surface area contributed by atoms with E-state index in [1.807, 2.05) is 18.2 Å². The van der Waals surface area contributed by atoms with Crippen LogP contribution in [0.4, 0.5) is 0 Å². The van der Waals surface area contributed by atoms with E-state index in [4.69, 9.17) is 4.42 Å². The summed E-state index contributed by atoms with van der Waals surface area (Å²) in [5, 5.41) is 6.41. The van der Waals surface area contributed by atoms with E-state index in [2.05, 4.69) is 28.4 Å². The van der Waals surface area contributed by atoms with Gasteiger partial charge in [0.25, 0.3) is 0 Å². The highest BCUT2D eigenvalue weighted by Crippen LogP contribution is 2.30. The van der Waals surface area contributed by atoms with E-state index in [-0.39, 0.29) is 5.91 Å². The van der Waals surface area contributed by atoms with Gasteiger partial charge in [-0.15, -0.1) is 0 Å². The number of furan rings is 1. The van der Waals surface area contributed by atoms with Crippen molar-refractivity contribution in [2.75, 3.05) is 26.2 Å². The number of hydrogen-bond donors (Lipinski definition) is 1. The molecule has 2 heterocycles. The lowest BCUT2D eigenvalue weighted by Crippen LogP contribution is -2.34. The van der Waals surface area contributed by atoms with Crippen LogP contribution in [0.25, 0.3) is 21.7 Å². The number of fused-ring (bicyclic) bond motifs is 3. The SMILES string of the molecule is O=C(Cc1coc2ccc3ccccc3c12)NCCN1CCCC1. The van der Waals surface area contributed by atoms with Gasteiger partial charge in [-0.1, -0.05) is 30.3 Å². The van der Waals surface area contributed by atoms with Gasteiger partial charge in [0.1, 0.15) is 5.58 Å². The number of likely N-dealkylation sites (tertiary alicyclic amines) is 1. The van der Waals surface area contributed by atoms with Gasteiger partial charge in [-0.25, -0.2) is 0 Å². The summed E-state index contributed by atoms with van der Waals surface area (Å²) < 4.78 is 5.66. The minimum atomic E-state index is 0.0600. The molecule has 4 nitrogen and oxygen atoms in total. The normalized spacial score (nSPS) is 15.3. The summed E-state index contributed by atoms with van der Waals surface area (Å²) in [4.78, 5) is 14.7. The molecule has 1 N–H and O–H groups in total. The molecule has 0 bridgehead atoms. The Hall–Kier alpha value is -2.33. The predicted octanol–water partition coefficient (Wildman–Crippen LogP) is 3.34. The van der Waals surface area contributed by atoms with Gasteiger partial charge in [0.2, 0.25) is 5.91 Å². The van der Waals surface area contributed by atoms with E-state index in [0.717, 1.165) is 48.1 Å². The number of carbonyl (C=O) groups excluding carboxylic acids is 1. The molecule has 1 aliphatic rings. The van der Waals surface area contributed by atoms with Gasteiger partial charge >= 0.3 is 0 Å². The zero-order valence-corrected chi connectivity index (χ0v) is 13.8. The first-order chi connectivity index (χ1) is 11.8. The van der Waals surface area contributed by atoms with Crippen LogP contribution in [-0.2, 0) is 11.2 Å². The first-order valence-electron chi connectivity index (χ1n) is 8.68. The van der Waals surface area contributed by atoms with Gasteiger partial charge in [-0.05, 0) is 42.8 Å². The van der Waals surface area contributed by atoms with Crippen molar-refractivity contribution in [3.8, 4) is 0 Å². The standard InChI is InChI=1S/C20H22N2O2/c23-19(21-9-12-22-10-3-4-11-22)13-16-14-24-18-8-7-15-5-1-2-6-17(15)20(16)18/h1-2,5-8,14H,3-4,9-13H2,(H,21,23). The molecule has 3 aromatic rings. The second-order valence-corrected chi connectivity index (χ2v) is 6.50. The van der Waals surface area contributed by atoms with Gasteiger partial charge in [-0.2, -0.15) is 0 Å². The van der Waals surface area contributed by atoms with Crippen LogP contribution in [0.1, 0.15) is 18.4 Å². The maximum Gasteiger partial charge on any atom is 0.224 e. The number of nitrogens with one attached hydrogen (secondary N) is 1. The average molecular weight is 322 g/mol. The highest BCUT2D eigenvalue weighted by atomic mass is 16.3. The topological polar surface area (TPSA) is 45.5 Å². The first-order valence-corrected chi connectivity index (χ1v) is 8.68. The Bertz CT molecular complexity index is 862. The molecule has 4 heteroatoms. The third-order valence-electron chi connectivity index (χ3n) is 4.84. The lowest BCUT2D eigenvalue weighted by Gasteiger charge is -2.14. The maximum absolute atomic E-state index is 12.3. The molecule has 0 radical (unpaired) electrons. The molecule has 1 aliphatic heterocycles. The highest BCUT2D eigenvalue weighted by Gasteiger charge is 2.14. The van der Waals surface area contributed by atoms with Crippen LogP contribution in [0.2, 0.25) is 0 Å². The molecule has 0 aliphatic carbocycles. The van der Waals surface area contributed by atoms with Crippen LogP contribution in [0, 0.1) is 0 Å². The molecule has 0 saturated carbocycles. The maximum atomic E-state index is 12.3. The molecule has 4 rings (SSSR count). The largest absolute Gasteiger partial charge is 0.464 e. The van der Waals surface area contributed by atoms with Gasteiger partial charge in [0.15, 0.2) is 0 Å². The van der Waals surface area contributed by atoms with E-state index < -0.39 is 0 Å². The van der Waals surface area contributed by atoms with E-state index in [1.165, 1.54) is 18.2 Å². The zero-order valence-electron chi connectivity index (χ0n) is 13.8. The Morgan fingerprint density at radius 2 is 1.96 bits per heavy atom. The molecule has 1 aromatic heterocycles. The Morgan fingerprint density at radius 1 is 1.12 bits per heavy atom. The third kappa shape index (κ3) is 3.02. The number of benzene rings is 2. The van der Waals surface area contributed by atoms with Crippen molar-refractivity contribution in [3.05, 3.63) is 48.2 Å². The van der Waals surface area contributed by atoms with Crippen molar-refractivity contribution in [1.82, 2.24) is 10.2 Å². The Balaban J connectivity index is 1.47. The van der Waals surface area contributed by atoms with Gasteiger partial charge in [0.05, 0.1) is 12.7 Å². The summed E-state index contributed by atoms with van der Waals surface area (Å²) in [6.45, 7) is 3.98. The van der Waals surface area contributed by atoms with Crippen molar-refractivity contribution in [2.24, 2.45) is 0 Å². The molecule has 24 heavy (non-hydrogen) atoms. The van der Waals surface area contributed by atoms with E-state index in [9.17, 15) is 4.79 Å². The lowest BCUT2D eigenvalue weighted by atomic mass is 10.0. The van der Waals surface area contributed by atoms with Crippen molar-refractivity contribution in [2.45, 2.75) is 19.3 Å². The molecular weight excluding hydrogens is 300 g/mol. The predicted molar refractivity (Wildman–Crippen MR) is 96.1 cm³/mol. The van der Waals surface area contributed by atoms with Crippen molar-refractivity contribution >= 4 is 27.6 Å². The number of rotatable bonds is 5. The molecule has 1 amide bonds. The quantitative estimate of drug-likeness (QED) is 0.783. The number of hydrogen-bond acceptors (Lipinski definition) is 3. The van der Waals surface area contributed by atoms with Crippen molar-refractivity contribution in [3.63, 3.8) is 0 Å². The monoisotopic (exact) mass is 322 g/mol. The molecule has 0 spiro atoms. The fraction of sp³-hybridized carbons (Fsp3) is 0.350. The molecule has 1 saturated heterocycles. The molecule has 1 fully saturated rings. The minimum absolute atomic E-state index is 0.0600. The summed E-state index contributed by atoms with van der Waals surface area (Å²) in [6, 6.07) is 12.3. The Labute approximate surface area is 141 Å². The third-order valence-corrected chi connectivity index (χ3v) is 4.84. The summed E-state index contributed by atoms with van der Waals surface area (Å²) in [7, 11) is 0. The fourth-order valence-electron chi connectivity index (χ4n) is 3.60. The van der Waals surface area contributed by atoms with Crippen molar-refractivity contribution in [1.29, 1.82) is 0 Å². The van der Waals surface area contributed by atoms with Gasteiger partial charge < -0.3 is 14.6 Å². The summed E-state index contributed by atoms with van der Waals surface area (Å²) in [5.41, 5.74) is 1.80. The molecule has 0 unspecified atom stereocenters. The zero-order chi connectivity index (χ0) is 16.4. The Kier molecular flexibility index (Phi) is 4.22. The van der Waals surface area contributed by atoms with Crippen LogP contribution in [0.15, 0.2) is 47.1 Å². The average Bonchev–Trinajstić information content (AvgIpc) is 3.25. The van der Waals surface area contributed by atoms with Gasteiger partial charge in [0, 0.05) is 24.0 Å². The molecular formula is C20H22N2O2. The minimum Gasteiger partial charge on any atom is -0.464 e. The second kappa shape index (κ2) is 6.65. The van der Waals surface area contributed by atoms with Crippen LogP contribution in [0.5, 0.6) is 0 Å². The summed E-state index contributed by atoms with van der Waals surface area (Å²) in [5.74, 6) is 0.0600. The molecule has 0 atom stereocenters. The first kappa shape index (κ1) is 15.2. The van der Waals surface area contributed by atoms with Crippen LogP contribution in [0.3, 0.4) is 0 Å². The van der Waals surface area contributed by atoms with Gasteiger partial charge in [-0.3, -0.25) is 4.79 Å². The Morgan fingerprint density at radius 3 is 2.83 bits per heavy atom. The highest BCUT2D eigenvalue weighted by molar-refractivity contribution is 6.08. The smallest absolute Gasteiger partial charge is 0.224 e. The summed E-state index contributed by atoms with van der Waals surface area (Å²) in [6.07, 6.45) is 4.64. The van der Waals surface area contributed by atoms with E-state index in [1.54, 1.807) is 6.26 Å². The van der Waals surface area contributed by atoms with E-state index in [0.29, 0.717) is 6.42 Å². The number of carbonyl (C=O) groups is 1. The summed E-state index contributed by atoms with van der Waals surface area (Å²) >= 11 is 0.